The van der Waals surface area contributed by atoms with Gasteiger partial charge < -0.3 is 9.84 Å². The van der Waals surface area contributed by atoms with E-state index in [2.05, 4.69) is 11.7 Å². The number of hydrogen-bond donors (Lipinski definition) is 1. The highest BCUT2D eigenvalue weighted by Gasteiger charge is 1.93. The maximum absolute atomic E-state index is 9.63. The summed E-state index contributed by atoms with van der Waals surface area (Å²) in [7, 11) is 0. The topological polar surface area (TPSA) is 46.5 Å². The Balaban J connectivity index is 2.82. The lowest BCUT2D eigenvalue weighted by molar-refractivity contribution is 0.0908. The quantitative estimate of drug-likeness (QED) is 0.344. The summed E-state index contributed by atoms with van der Waals surface area (Å²) in [5.74, 6) is 0. The number of carbonyl (C=O) groups is 1. The molecule has 0 saturated heterocycles. The van der Waals surface area contributed by atoms with Gasteiger partial charge in [-0.15, -0.1) is 0 Å². The van der Waals surface area contributed by atoms with Crippen molar-refractivity contribution in [1.82, 2.24) is 0 Å². The van der Waals surface area contributed by atoms with Crippen LogP contribution in [-0.2, 0) is 4.74 Å². The van der Waals surface area contributed by atoms with Crippen molar-refractivity contribution in [2.75, 3.05) is 6.61 Å². The van der Waals surface area contributed by atoms with Crippen molar-refractivity contribution < 1.29 is 14.6 Å². The second kappa shape index (κ2) is 4.30. The maximum Gasteiger partial charge on any atom is 0.505 e. The Bertz CT molecular complexity index is 70.1. The third-order valence-corrected chi connectivity index (χ3v) is 0.620. The van der Waals surface area contributed by atoms with Crippen molar-refractivity contribution in [2.45, 2.75) is 12.8 Å². The molecule has 0 atom stereocenters. The van der Waals surface area contributed by atoms with Crippen LogP contribution in [0.4, 0.5) is 4.79 Å². The SMILES string of the molecule is [CH2+]CCCOC(=O)O. The van der Waals surface area contributed by atoms with Crippen molar-refractivity contribution in [1.29, 1.82) is 0 Å². The molecule has 3 heteroatoms. The average molecular weight is 117 g/mol. The smallest absolute Gasteiger partial charge is 0.450 e. The molecule has 0 spiro atoms. The molecule has 0 aliphatic heterocycles. The van der Waals surface area contributed by atoms with E-state index in [4.69, 9.17) is 5.11 Å². The lowest BCUT2D eigenvalue weighted by atomic mass is 10.4. The first kappa shape index (κ1) is 7.14. The van der Waals surface area contributed by atoms with Crippen molar-refractivity contribution in [3.8, 4) is 0 Å². The Morgan fingerprint density at radius 2 is 2.38 bits per heavy atom. The van der Waals surface area contributed by atoms with Gasteiger partial charge in [0.15, 0.2) is 0 Å². The summed E-state index contributed by atoms with van der Waals surface area (Å²) in [4.78, 5) is 9.63. The second-order valence-electron chi connectivity index (χ2n) is 1.32. The molecular weight excluding hydrogens is 108 g/mol. The van der Waals surface area contributed by atoms with Gasteiger partial charge in [-0.25, -0.2) is 4.79 Å². The molecule has 0 aromatic rings. The molecule has 0 rings (SSSR count). The largest absolute Gasteiger partial charge is 0.505 e. The van der Waals surface area contributed by atoms with Gasteiger partial charge in [-0.2, -0.15) is 0 Å². The standard InChI is InChI=1S/C5H8O3/c1-2-3-4-8-5(6)7/h1-4H2/p+1. The summed E-state index contributed by atoms with van der Waals surface area (Å²) >= 11 is 0. The second-order valence-corrected chi connectivity index (χ2v) is 1.32. The van der Waals surface area contributed by atoms with Gasteiger partial charge in [-0.3, -0.25) is 0 Å². The minimum atomic E-state index is -1.21. The van der Waals surface area contributed by atoms with Gasteiger partial charge in [0.05, 0.1) is 20.0 Å². The molecule has 46 valence electrons. The van der Waals surface area contributed by atoms with Crippen LogP contribution < -0.4 is 0 Å². The molecule has 0 amide bonds. The van der Waals surface area contributed by atoms with Crippen LogP contribution in [0.1, 0.15) is 12.8 Å². The average Bonchev–Trinajstić information content (AvgIpc) is 1.66. The molecule has 0 aliphatic carbocycles. The van der Waals surface area contributed by atoms with Gasteiger partial charge >= 0.3 is 6.16 Å². The first-order chi connectivity index (χ1) is 3.77. The molecule has 0 fully saturated rings. The highest BCUT2D eigenvalue weighted by Crippen LogP contribution is 1.86. The molecule has 0 aromatic heterocycles. The van der Waals surface area contributed by atoms with E-state index < -0.39 is 6.16 Å². The molecule has 0 radical (unpaired) electrons. The monoisotopic (exact) mass is 117 g/mol. The maximum atomic E-state index is 9.63. The highest BCUT2D eigenvalue weighted by atomic mass is 16.7. The normalized spacial score (nSPS) is 8.50. The molecule has 0 bridgehead atoms. The zero-order chi connectivity index (χ0) is 6.41. The third-order valence-electron chi connectivity index (χ3n) is 0.620. The summed E-state index contributed by atoms with van der Waals surface area (Å²) in [5, 5.41) is 7.90. The van der Waals surface area contributed by atoms with Gasteiger partial charge in [0.2, 0.25) is 0 Å². The zero-order valence-electron chi connectivity index (χ0n) is 4.59. The first-order valence-electron chi connectivity index (χ1n) is 2.42. The fourth-order valence-corrected chi connectivity index (χ4v) is 0.262. The molecule has 1 N–H and O–H groups in total. The van der Waals surface area contributed by atoms with Gasteiger partial charge in [0, 0.05) is 6.42 Å². The highest BCUT2D eigenvalue weighted by molar-refractivity contribution is 5.56. The zero-order valence-corrected chi connectivity index (χ0v) is 4.59. The Kier molecular flexibility index (Phi) is 3.84. The Labute approximate surface area is 48.3 Å². The van der Waals surface area contributed by atoms with E-state index in [1.807, 2.05) is 0 Å². The Morgan fingerprint density at radius 3 is 2.75 bits per heavy atom. The molecule has 0 aromatic carbocycles. The lowest BCUT2D eigenvalue weighted by Crippen LogP contribution is -2.00. The van der Waals surface area contributed by atoms with Crippen LogP contribution in [-0.4, -0.2) is 17.9 Å². The van der Waals surface area contributed by atoms with E-state index in [1.54, 1.807) is 0 Å². The van der Waals surface area contributed by atoms with Crippen LogP contribution in [0.2, 0.25) is 0 Å². The van der Waals surface area contributed by atoms with Crippen molar-refractivity contribution in [3.63, 3.8) is 0 Å². The van der Waals surface area contributed by atoms with Crippen LogP contribution in [0.15, 0.2) is 0 Å². The number of hydrogen-bond acceptors (Lipinski definition) is 2. The molecule has 8 heavy (non-hydrogen) atoms. The van der Waals surface area contributed by atoms with Crippen molar-refractivity contribution in [2.24, 2.45) is 0 Å². The first-order valence-corrected chi connectivity index (χ1v) is 2.42. The molecule has 0 saturated carbocycles. The van der Waals surface area contributed by atoms with Crippen LogP contribution in [0.25, 0.3) is 0 Å². The summed E-state index contributed by atoms with van der Waals surface area (Å²) in [6, 6.07) is 0. The van der Waals surface area contributed by atoms with Crippen LogP contribution in [0, 0.1) is 6.92 Å². The number of unbranched alkanes of at least 4 members (excludes halogenated alkanes) is 1. The number of rotatable bonds is 3. The van der Waals surface area contributed by atoms with E-state index in [1.165, 1.54) is 0 Å². The fourth-order valence-electron chi connectivity index (χ4n) is 0.262. The molecule has 0 unspecified atom stereocenters. The predicted molar refractivity (Wildman–Crippen MR) is 28.6 cm³/mol. The van der Waals surface area contributed by atoms with Crippen molar-refractivity contribution in [3.05, 3.63) is 6.92 Å². The van der Waals surface area contributed by atoms with Crippen LogP contribution >= 0.6 is 0 Å². The molecule has 0 aliphatic rings. The van der Waals surface area contributed by atoms with Crippen LogP contribution in [0.5, 0.6) is 0 Å². The van der Waals surface area contributed by atoms with Gasteiger partial charge in [0.1, 0.15) is 0 Å². The molecular formula is C5H9O3+. The van der Waals surface area contributed by atoms with E-state index in [0.717, 1.165) is 0 Å². The van der Waals surface area contributed by atoms with Gasteiger partial charge in [-0.1, -0.05) is 0 Å². The summed E-state index contributed by atoms with van der Waals surface area (Å²) in [5.41, 5.74) is 0. The van der Waals surface area contributed by atoms with Gasteiger partial charge in [0.25, 0.3) is 0 Å². The predicted octanol–water partition coefficient (Wildman–Crippen LogP) is 1.30. The van der Waals surface area contributed by atoms with E-state index in [0.29, 0.717) is 12.8 Å². The van der Waals surface area contributed by atoms with Crippen molar-refractivity contribution >= 4 is 6.16 Å². The number of ether oxygens (including phenoxy) is 1. The lowest BCUT2D eigenvalue weighted by Gasteiger charge is -1.92. The Hall–Kier alpha value is -0.860. The van der Waals surface area contributed by atoms with E-state index in [-0.39, 0.29) is 6.61 Å². The summed E-state index contributed by atoms with van der Waals surface area (Å²) in [6.07, 6.45) is 0.206. The summed E-state index contributed by atoms with van der Waals surface area (Å²) < 4.78 is 4.16. The van der Waals surface area contributed by atoms with E-state index in [9.17, 15) is 4.79 Å². The van der Waals surface area contributed by atoms with E-state index >= 15 is 0 Å². The summed E-state index contributed by atoms with van der Waals surface area (Å²) in [6.45, 7) is 3.77. The van der Waals surface area contributed by atoms with Gasteiger partial charge in [-0.05, 0) is 0 Å². The Morgan fingerprint density at radius 1 is 1.75 bits per heavy atom. The number of carboxylic acid groups (broad SMARTS) is 1. The minimum absolute atomic E-state index is 0.263. The third kappa shape index (κ3) is 5.14. The fraction of sp³-hybridized carbons (Fsp3) is 0.600. The molecule has 3 nitrogen and oxygen atoms in total. The minimum Gasteiger partial charge on any atom is -0.450 e. The van der Waals surface area contributed by atoms with Crippen LogP contribution in [0.3, 0.4) is 0 Å². The molecule has 0 heterocycles.